The summed E-state index contributed by atoms with van der Waals surface area (Å²) in [5.41, 5.74) is 2.02. The Bertz CT molecular complexity index is 703. The van der Waals surface area contributed by atoms with Gasteiger partial charge in [0.15, 0.2) is 0 Å². The standard InChI is InChI=1S/C17H21N5O/c1-12-5-3-8-18-16(12)21-17-19-9-7-15(20-17)14-6-4-10-22(11-14)13(2)23/h3,5,7-9,14H,4,6,10-11H2,1-2H3,(H,18,19,20,21)/t14-/m0/s1. The van der Waals surface area contributed by atoms with Gasteiger partial charge in [-0.3, -0.25) is 4.79 Å². The van der Waals surface area contributed by atoms with Crippen molar-refractivity contribution in [2.75, 3.05) is 18.4 Å². The summed E-state index contributed by atoms with van der Waals surface area (Å²) < 4.78 is 0. The molecular formula is C17H21N5O. The molecule has 0 radical (unpaired) electrons. The smallest absolute Gasteiger partial charge is 0.228 e. The van der Waals surface area contributed by atoms with E-state index >= 15 is 0 Å². The predicted octanol–water partition coefficient (Wildman–Crippen LogP) is 2.65. The van der Waals surface area contributed by atoms with E-state index < -0.39 is 0 Å². The van der Waals surface area contributed by atoms with E-state index in [0.717, 1.165) is 43.0 Å². The van der Waals surface area contributed by atoms with Crippen LogP contribution in [0.25, 0.3) is 0 Å². The molecule has 23 heavy (non-hydrogen) atoms. The largest absolute Gasteiger partial charge is 0.342 e. The monoisotopic (exact) mass is 311 g/mol. The van der Waals surface area contributed by atoms with Gasteiger partial charge in [-0.1, -0.05) is 6.07 Å². The highest BCUT2D eigenvalue weighted by Gasteiger charge is 2.24. The van der Waals surface area contributed by atoms with E-state index in [2.05, 4.69) is 20.3 Å². The molecule has 2 aromatic heterocycles. The summed E-state index contributed by atoms with van der Waals surface area (Å²) in [6.45, 7) is 5.19. The fraction of sp³-hybridized carbons (Fsp3) is 0.412. The average Bonchev–Trinajstić information content (AvgIpc) is 2.57. The van der Waals surface area contributed by atoms with Gasteiger partial charge in [0.25, 0.3) is 0 Å². The number of aromatic nitrogens is 3. The minimum Gasteiger partial charge on any atom is -0.342 e. The second kappa shape index (κ2) is 6.73. The van der Waals surface area contributed by atoms with Crippen molar-refractivity contribution in [3.63, 3.8) is 0 Å². The first kappa shape index (κ1) is 15.4. The number of carbonyl (C=O) groups is 1. The van der Waals surface area contributed by atoms with Gasteiger partial charge in [0.2, 0.25) is 11.9 Å². The topological polar surface area (TPSA) is 71.0 Å². The van der Waals surface area contributed by atoms with Gasteiger partial charge in [-0.2, -0.15) is 0 Å². The van der Waals surface area contributed by atoms with Crippen LogP contribution in [0.4, 0.5) is 11.8 Å². The number of hydrogen-bond acceptors (Lipinski definition) is 5. The summed E-state index contributed by atoms with van der Waals surface area (Å²) in [6, 6.07) is 5.83. The Morgan fingerprint density at radius 1 is 1.30 bits per heavy atom. The van der Waals surface area contributed by atoms with Crippen molar-refractivity contribution in [1.29, 1.82) is 0 Å². The Hall–Kier alpha value is -2.50. The van der Waals surface area contributed by atoms with E-state index in [1.165, 1.54) is 0 Å². The van der Waals surface area contributed by atoms with E-state index in [1.807, 2.05) is 30.0 Å². The van der Waals surface area contributed by atoms with Gasteiger partial charge < -0.3 is 10.2 Å². The van der Waals surface area contributed by atoms with Gasteiger partial charge in [0, 0.05) is 38.3 Å². The van der Waals surface area contributed by atoms with Gasteiger partial charge in [0.1, 0.15) is 5.82 Å². The van der Waals surface area contributed by atoms with Gasteiger partial charge in [-0.05, 0) is 37.5 Å². The Labute approximate surface area is 136 Å². The summed E-state index contributed by atoms with van der Waals surface area (Å²) in [5, 5.41) is 3.17. The fourth-order valence-electron chi connectivity index (χ4n) is 2.89. The van der Waals surface area contributed by atoms with E-state index in [-0.39, 0.29) is 11.8 Å². The number of nitrogens with one attached hydrogen (secondary N) is 1. The third-order valence-corrected chi connectivity index (χ3v) is 4.20. The number of likely N-dealkylation sites (tertiary alicyclic amines) is 1. The van der Waals surface area contributed by atoms with Crippen LogP contribution in [0.1, 0.15) is 36.9 Å². The average molecular weight is 311 g/mol. The molecule has 0 unspecified atom stereocenters. The van der Waals surface area contributed by atoms with Gasteiger partial charge >= 0.3 is 0 Å². The zero-order valence-corrected chi connectivity index (χ0v) is 13.5. The summed E-state index contributed by atoms with van der Waals surface area (Å²) in [4.78, 5) is 26.7. The lowest BCUT2D eigenvalue weighted by atomic mass is 9.94. The van der Waals surface area contributed by atoms with Crippen molar-refractivity contribution in [3.05, 3.63) is 41.9 Å². The zero-order chi connectivity index (χ0) is 16.2. The van der Waals surface area contributed by atoms with Gasteiger partial charge in [0.05, 0.1) is 5.69 Å². The first-order valence-electron chi connectivity index (χ1n) is 7.90. The zero-order valence-electron chi connectivity index (χ0n) is 13.5. The number of carbonyl (C=O) groups excluding carboxylic acids is 1. The Morgan fingerprint density at radius 3 is 2.96 bits per heavy atom. The molecule has 2 aromatic rings. The van der Waals surface area contributed by atoms with Crippen molar-refractivity contribution in [2.24, 2.45) is 0 Å². The number of piperidine rings is 1. The normalized spacial score (nSPS) is 17.8. The van der Waals surface area contributed by atoms with Crippen LogP contribution in [0.3, 0.4) is 0 Å². The molecule has 3 heterocycles. The van der Waals surface area contributed by atoms with Crippen LogP contribution in [0.2, 0.25) is 0 Å². The molecule has 3 rings (SSSR count). The Morgan fingerprint density at radius 2 is 2.17 bits per heavy atom. The second-order valence-corrected chi connectivity index (χ2v) is 5.90. The number of pyridine rings is 1. The van der Waals surface area contributed by atoms with E-state index in [1.54, 1.807) is 19.3 Å². The molecule has 1 fully saturated rings. The fourth-order valence-corrected chi connectivity index (χ4v) is 2.89. The van der Waals surface area contributed by atoms with Crippen molar-refractivity contribution < 1.29 is 4.79 Å². The molecule has 1 atom stereocenters. The van der Waals surface area contributed by atoms with Crippen LogP contribution in [-0.4, -0.2) is 38.8 Å². The second-order valence-electron chi connectivity index (χ2n) is 5.90. The lowest BCUT2D eigenvalue weighted by molar-refractivity contribution is -0.130. The number of rotatable bonds is 3. The van der Waals surface area contributed by atoms with Gasteiger partial charge in [-0.15, -0.1) is 0 Å². The van der Waals surface area contributed by atoms with Crippen LogP contribution in [-0.2, 0) is 4.79 Å². The first-order valence-corrected chi connectivity index (χ1v) is 7.90. The maximum Gasteiger partial charge on any atom is 0.228 e. The molecule has 0 spiro atoms. The molecule has 1 aliphatic heterocycles. The molecule has 0 aromatic carbocycles. The maximum absolute atomic E-state index is 11.6. The molecule has 120 valence electrons. The van der Waals surface area contributed by atoms with Crippen LogP contribution in [0.5, 0.6) is 0 Å². The molecule has 1 amide bonds. The SMILES string of the molecule is CC(=O)N1CCC[C@H](c2ccnc(Nc3ncccc3C)n2)C1. The first-order chi connectivity index (χ1) is 11.1. The molecule has 1 saturated heterocycles. The third-order valence-electron chi connectivity index (χ3n) is 4.20. The third kappa shape index (κ3) is 3.64. The molecular weight excluding hydrogens is 290 g/mol. The van der Waals surface area contributed by atoms with Crippen molar-refractivity contribution in [2.45, 2.75) is 32.6 Å². The van der Waals surface area contributed by atoms with Crippen molar-refractivity contribution in [1.82, 2.24) is 19.9 Å². The minimum atomic E-state index is 0.131. The highest BCUT2D eigenvalue weighted by Crippen LogP contribution is 2.26. The predicted molar refractivity (Wildman–Crippen MR) is 88.5 cm³/mol. The summed E-state index contributed by atoms with van der Waals surface area (Å²) in [7, 11) is 0. The minimum absolute atomic E-state index is 0.131. The number of anilines is 2. The molecule has 6 heteroatoms. The van der Waals surface area contributed by atoms with E-state index in [0.29, 0.717) is 5.95 Å². The van der Waals surface area contributed by atoms with Crippen LogP contribution in [0.15, 0.2) is 30.6 Å². The number of nitrogens with zero attached hydrogens (tertiary/aromatic N) is 4. The van der Waals surface area contributed by atoms with Crippen LogP contribution >= 0.6 is 0 Å². The Balaban J connectivity index is 1.77. The maximum atomic E-state index is 11.6. The van der Waals surface area contributed by atoms with Crippen LogP contribution < -0.4 is 5.32 Å². The van der Waals surface area contributed by atoms with Crippen LogP contribution in [0, 0.1) is 6.92 Å². The molecule has 0 aliphatic carbocycles. The highest BCUT2D eigenvalue weighted by molar-refractivity contribution is 5.73. The number of hydrogen-bond donors (Lipinski definition) is 1. The van der Waals surface area contributed by atoms with Crippen molar-refractivity contribution >= 4 is 17.7 Å². The lowest BCUT2D eigenvalue weighted by Crippen LogP contribution is -2.37. The molecule has 0 saturated carbocycles. The summed E-state index contributed by atoms with van der Waals surface area (Å²) in [5.74, 6) is 1.70. The number of aryl methyl sites for hydroxylation is 1. The molecule has 1 aliphatic rings. The quantitative estimate of drug-likeness (QED) is 0.943. The number of amides is 1. The summed E-state index contributed by atoms with van der Waals surface area (Å²) in [6.07, 6.45) is 5.56. The molecule has 0 bridgehead atoms. The molecule has 1 N–H and O–H groups in total. The lowest BCUT2D eigenvalue weighted by Gasteiger charge is -2.31. The van der Waals surface area contributed by atoms with Gasteiger partial charge in [-0.25, -0.2) is 15.0 Å². The highest BCUT2D eigenvalue weighted by atomic mass is 16.2. The summed E-state index contributed by atoms with van der Waals surface area (Å²) >= 11 is 0. The van der Waals surface area contributed by atoms with Crippen molar-refractivity contribution in [3.8, 4) is 0 Å². The van der Waals surface area contributed by atoms with E-state index in [9.17, 15) is 4.79 Å². The molecule has 6 nitrogen and oxygen atoms in total. The van der Waals surface area contributed by atoms with E-state index in [4.69, 9.17) is 0 Å². The Kier molecular flexibility index (Phi) is 4.50.